The van der Waals surface area contributed by atoms with E-state index in [2.05, 4.69) is 13.0 Å². The maximum Gasteiger partial charge on any atom is 0.0665 e. The van der Waals surface area contributed by atoms with Gasteiger partial charge in [0, 0.05) is 0 Å². The fourth-order valence-corrected chi connectivity index (χ4v) is 1.34. The number of rotatable bonds is 4. The summed E-state index contributed by atoms with van der Waals surface area (Å²) in [5, 5.41) is 8.12. The van der Waals surface area contributed by atoms with Gasteiger partial charge in [-0.3, -0.25) is 0 Å². The second-order valence-electron chi connectivity index (χ2n) is 1.69. The van der Waals surface area contributed by atoms with Crippen LogP contribution in [-0.4, -0.2) is 12.3 Å². The van der Waals surface area contributed by atoms with Crippen molar-refractivity contribution in [3.8, 4) is 6.07 Å². The fourth-order valence-electron chi connectivity index (χ4n) is 0.446. The number of unbranched alkanes of at least 4 members (excludes halogenated alkanes) is 1. The molecule has 0 aliphatic rings. The molecule has 1 atom stereocenters. The third kappa shape index (κ3) is 5.92. The summed E-state index contributed by atoms with van der Waals surface area (Å²) in [6.45, 7) is 2.18. The summed E-state index contributed by atoms with van der Waals surface area (Å²) in [5.41, 5.74) is 0. The van der Waals surface area contributed by atoms with Gasteiger partial charge in [-0.05, 0) is 12.6 Å². The molecule has 2 heteroatoms. The molecule has 0 bridgehead atoms. The van der Waals surface area contributed by atoms with Gasteiger partial charge in [0.05, 0.1) is 12.2 Å². The quantitative estimate of drug-likeness (QED) is 0.420. The first-order chi connectivity index (χ1) is 3.91. The molecule has 0 amide bonds. The lowest BCUT2D eigenvalue weighted by Gasteiger charge is -1.90. The Morgan fingerprint density at radius 3 is 2.88 bits per heavy atom. The highest BCUT2D eigenvalue weighted by atomic mass is 31.1. The van der Waals surface area contributed by atoms with E-state index in [4.69, 9.17) is 5.26 Å². The molecule has 0 heterocycles. The number of hydrogen-bond acceptors (Lipinski definition) is 1. The molecule has 0 N–H and O–H groups in total. The van der Waals surface area contributed by atoms with Crippen molar-refractivity contribution in [1.29, 1.82) is 5.26 Å². The lowest BCUT2D eigenvalue weighted by atomic mass is 10.4. The second kappa shape index (κ2) is 6.92. The third-order valence-electron chi connectivity index (χ3n) is 0.911. The molecule has 0 spiro atoms. The van der Waals surface area contributed by atoms with Gasteiger partial charge in [-0.15, -0.1) is 8.58 Å². The monoisotopic (exact) mass is 129 g/mol. The van der Waals surface area contributed by atoms with Crippen LogP contribution in [-0.2, 0) is 0 Å². The molecule has 0 saturated carbocycles. The summed E-state index contributed by atoms with van der Waals surface area (Å²) in [6.07, 6.45) is 4.57. The van der Waals surface area contributed by atoms with Crippen LogP contribution in [0.4, 0.5) is 0 Å². The van der Waals surface area contributed by atoms with E-state index < -0.39 is 0 Å². The SMILES string of the molecule is CCCCPCC#N. The minimum absolute atomic E-state index is 0.764. The zero-order valence-corrected chi connectivity index (χ0v) is 6.28. The van der Waals surface area contributed by atoms with Gasteiger partial charge in [0.25, 0.3) is 0 Å². The second-order valence-corrected chi connectivity index (χ2v) is 3.04. The Morgan fingerprint density at radius 2 is 2.38 bits per heavy atom. The summed E-state index contributed by atoms with van der Waals surface area (Å²) >= 11 is 0. The predicted octanol–water partition coefficient (Wildman–Crippen LogP) is 1.99. The lowest BCUT2D eigenvalue weighted by Crippen LogP contribution is -1.74. The van der Waals surface area contributed by atoms with Gasteiger partial charge < -0.3 is 0 Å². The van der Waals surface area contributed by atoms with Gasteiger partial charge in [-0.1, -0.05) is 13.3 Å². The Kier molecular flexibility index (Phi) is 6.85. The molecular weight excluding hydrogens is 117 g/mol. The van der Waals surface area contributed by atoms with Crippen LogP contribution in [0.3, 0.4) is 0 Å². The van der Waals surface area contributed by atoms with E-state index in [1.807, 2.05) is 0 Å². The van der Waals surface area contributed by atoms with Crippen LogP contribution in [0.1, 0.15) is 19.8 Å². The van der Waals surface area contributed by atoms with E-state index in [1.54, 1.807) is 0 Å². The number of hydrogen-bond donors (Lipinski definition) is 0. The van der Waals surface area contributed by atoms with Gasteiger partial charge in [-0.2, -0.15) is 5.26 Å². The van der Waals surface area contributed by atoms with Crippen LogP contribution in [0, 0.1) is 11.3 Å². The maximum absolute atomic E-state index is 8.12. The van der Waals surface area contributed by atoms with Crippen LogP contribution < -0.4 is 0 Å². The zero-order valence-electron chi connectivity index (χ0n) is 5.28. The first-order valence-electron chi connectivity index (χ1n) is 2.99. The number of nitrogens with zero attached hydrogens (tertiary/aromatic N) is 1. The highest BCUT2D eigenvalue weighted by molar-refractivity contribution is 7.38. The van der Waals surface area contributed by atoms with Gasteiger partial charge in [0.1, 0.15) is 0 Å². The van der Waals surface area contributed by atoms with Crippen LogP contribution in [0.25, 0.3) is 0 Å². The average molecular weight is 129 g/mol. The molecule has 8 heavy (non-hydrogen) atoms. The molecule has 0 rings (SSSR count). The van der Waals surface area contributed by atoms with E-state index in [9.17, 15) is 0 Å². The van der Waals surface area contributed by atoms with Gasteiger partial charge in [-0.25, -0.2) is 0 Å². The van der Waals surface area contributed by atoms with Crippen molar-refractivity contribution in [2.24, 2.45) is 0 Å². The Hall–Kier alpha value is -0.0800. The van der Waals surface area contributed by atoms with Crippen LogP contribution in [0.5, 0.6) is 0 Å². The minimum Gasteiger partial charge on any atom is -0.198 e. The van der Waals surface area contributed by atoms with Gasteiger partial charge in [0.15, 0.2) is 0 Å². The topological polar surface area (TPSA) is 23.8 Å². The van der Waals surface area contributed by atoms with Gasteiger partial charge >= 0.3 is 0 Å². The molecule has 0 radical (unpaired) electrons. The molecule has 0 aliphatic heterocycles. The predicted molar refractivity (Wildman–Crippen MR) is 38.6 cm³/mol. The Labute approximate surface area is 52.9 Å². The Balaban J connectivity index is 2.65. The first-order valence-corrected chi connectivity index (χ1v) is 4.41. The van der Waals surface area contributed by atoms with Crippen molar-refractivity contribution in [2.75, 3.05) is 12.3 Å². The van der Waals surface area contributed by atoms with Crippen molar-refractivity contribution < 1.29 is 0 Å². The molecule has 0 fully saturated rings. The van der Waals surface area contributed by atoms with Crippen LogP contribution in [0.15, 0.2) is 0 Å². The summed E-state index contributed by atoms with van der Waals surface area (Å²) in [5.74, 6) is 0. The van der Waals surface area contributed by atoms with Crippen molar-refractivity contribution >= 4 is 8.58 Å². The van der Waals surface area contributed by atoms with Crippen molar-refractivity contribution in [2.45, 2.75) is 19.8 Å². The average Bonchev–Trinajstić information content (AvgIpc) is 1.81. The third-order valence-corrected chi connectivity index (χ3v) is 2.03. The molecule has 0 aromatic heterocycles. The van der Waals surface area contributed by atoms with E-state index in [1.165, 1.54) is 19.0 Å². The van der Waals surface area contributed by atoms with E-state index in [-0.39, 0.29) is 0 Å². The summed E-state index contributed by atoms with van der Waals surface area (Å²) < 4.78 is 0. The molecule has 0 aromatic carbocycles. The first kappa shape index (κ1) is 7.92. The molecule has 1 nitrogen and oxygen atoms in total. The maximum atomic E-state index is 8.12. The standard InChI is InChI=1S/C6H12NP/c1-2-3-5-8-6-4-7/h8H,2-3,5-6H2,1H3. The van der Waals surface area contributed by atoms with Crippen molar-refractivity contribution in [3.05, 3.63) is 0 Å². The smallest absolute Gasteiger partial charge is 0.0665 e. The van der Waals surface area contributed by atoms with E-state index in [0.29, 0.717) is 0 Å². The van der Waals surface area contributed by atoms with Crippen molar-refractivity contribution in [3.63, 3.8) is 0 Å². The van der Waals surface area contributed by atoms with E-state index in [0.717, 1.165) is 14.7 Å². The normalized spacial score (nSPS) is 10.0. The van der Waals surface area contributed by atoms with Crippen molar-refractivity contribution in [1.82, 2.24) is 0 Å². The zero-order chi connectivity index (χ0) is 6.24. The molecule has 0 aromatic rings. The highest BCUT2D eigenvalue weighted by Crippen LogP contribution is 2.10. The van der Waals surface area contributed by atoms with Gasteiger partial charge in [0.2, 0.25) is 0 Å². The molecule has 0 saturated heterocycles. The summed E-state index contributed by atoms with van der Waals surface area (Å²) in [7, 11) is 0.878. The largest absolute Gasteiger partial charge is 0.198 e. The minimum atomic E-state index is 0.764. The summed E-state index contributed by atoms with van der Waals surface area (Å²) in [4.78, 5) is 0. The Morgan fingerprint density at radius 1 is 1.62 bits per heavy atom. The molecule has 0 aliphatic carbocycles. The lowest BCUT2D eigenvalue weighted by molar-refractivity contribution is 0.894. The molecule has 1 unspecified atom stereocenters. The molecule has 46 valence electrons. The fraction of sp³-hybridized carbons (Fsp3) is 0.833. The van der Waals surface area contributed by atoms with Crippen LogP contribution >= 0.6 is 8.58 Å². The highest BCUT2D eigenvalue weighted by Gasteiger charge is 1.82. The van der Waals surface area contributed by atoms with Crippen LogP contribution in [0.2, 0.25) is 0 Å². The molecular formula is C6H12NP. The van der Waals surface area contributed by atoms with E-state index >= 15 is 0 Å². The number of nitriles is 1. The Bertz CT molecular complexity index is 75.1. The summed E-state index contributed by atoms with van der Waals surface area (Å²) in [6, 6.07) is 2.14.